The molecule has 1 amide bonds. The van der Waals surface area contributed by atoms with Gasteiger partial charge in [0.05, 0.1) is 10.1 Å². The van der Waals surface area contributed by atoms with E-state index in [4.69, 9.17) is 0 Å². The van der Waals surface area contributed by atoms with Crippen LogP contribution in [0, 0.1) is 0 Å². The highest BCUT2D eigenvalue weighted by Crippen LogP contribution is 2.32. The molecule has 0 radical (unpaired) electrons. The predicted octanol–water partition coefficient (Wildman–Crippen LogP) is 1.77. The van der Waals surface area contributed by atoms with E-state index < -0.39 is 0 Å². The third kappa shape index (κ3) is 3.49. The maximum absolute atomic E-state index is 11.7. The molecule has 0 bridgehead atoms. The van der Waals surface area contributed by atoms with E-state index in [1.165, 1.54) is 28.8 Å². The molecular formula is C12H15NO3S. The van der Waals surface area contributed by atoms with Gasteiger partial charge in [0, 0.05) is 19.7 Å². The number of hydrogen-bond donors (Lipinski definition) is 1. The van der Waals surface area contributed by atoms with Crippen molar-refractivity contribution < 1.29 is 14.7 Å². The molecule has 1 aromatic carbocycles. The van der Waals surface area contributed by atoms with Gasteiger partial charge in [-0.15, -0.1) is 11.8 Å². The molecule has 0 saturated heterocycles. The average Bonchev–Trinajstić information content (AvgIpc) is 2.30. The lowest BCUT2D eigenvalue weighted by Crippen LogP contribution is -2.29. The van der Waals surface area contributed by atoms with Crippen molar-refractivity contribution >= 4 is 24.0 Å². The van der Waals surface area contributed by atoms with E-state index in [0.717, 1.165) is 0 Å². The molecule has 0 fully saturated rings. The summed E-state index contributed by atoms with van der Waals surface area (Å²) in [6, 6.07) is 4.57. The number of phenolic OH excluding ortho intramolecular Hbond substituents is 1. The van der Waals surface area contributed by atoms with Crippen LogP contribution in [0.15, 0.2) is 23.1 Å². The minimum Gasteiger partial charge on any atom is -0.507 e. The fourth-order valence-corrected chi connectivity index (χ4v) is 2.39. The number of amides is 1. The van der Waals surface area contributed by atoms with Crippen LogP contribution in [0.1, 0.15) is 17.3 Å². The molecular weight excluding hydrogens is 238 g/mol. The first-order valence-electron chi connectivity index (χ1n) is 5.11. The van der Waals surface area contributed by atoms with Gasteiger partial charge >= 0.3 is 0 Å². The number of rotatable bonds is 4. The van der Waals surface area contributed by atoms with Gasteiger partial charge in [0.15, 0.2) is 0 Å². The molecule has 1 aromatic rings. The standard InChI is InChI=1S/C12H15NO3S/c1-8(12(16)13(2)3)17-11-6-9(7-14)4-5-10(11)15/h4-8,15H,1-3H3. The minimum absolute atomic E-state index is 0.0362. The van der Waals surface area contributed by atoms with Crippen LogP contribution in [0.4, 0.5) is 0 Å². The Morgan fingerprint density at radius 1 is 1.47 bits per heavy atom. The smallest absolute Gasteiger partial charge is 0.235 e. The number of carbonyl (C=O) groups is 2. The lowest BCUT2D eigenvalue weighted by atomic mass is 10.2. The Morgan fingerprint density at radius 3 is 2.65 bits per heavy atom. The van der Waals surface area contributed by atoms with E-state index in [1.54, 1.807) is 27.1 Å². The highest BCUT2D eigenvalue weighted by molar-refractivity contribution is 8.00. The summed E-state index contributed by atoms with van der Waals surface area (Å²) in [4.78, 5) is 24.3. The molecule has 1 atom stereocenters. The zero-order chi connectivity index (χ0) is 13.0. The van der Waals surface area contributed by atoms with Gasteiger partial charge in [-0.1, -0.05) is 0 Å². The van der Waals surface area contributed by atoms with Crippen molar-refractivity contribution in [2.24, 2.45) is 0 Å². The monoisotopic (exact) mass is 253 g/mol. The van der Waals surface area contributed by atoms with Crippen LogP contribution >= 0.6 is 11.8 Å². The molecule has 1 N–H and O–H groups in total. The van der Waals surface area contributed by atoms with Crippen LogP contribution in [-0.2, 0) is 4.79 Å². The van der Waals surface area contributed by atoms with E-state index in [1.807, 2.05) is 0 Å². The van der Waals surface area contributed by atoms with Gasteiger partial charge in [0.2, 0.25) is 5.91 Å². The van der Waals surface area contributed by atoms with Crippen LogP contribution in [0.3, 0.4) is 0 Å². The molecule has 0 saturated carbocycles. The van der Waals surface area contributed by atoms with Gasteiger partial charge in [-0.3, -0.25) is 9.59 Å². The average molecular weight is 253 g/mol. The number of hydrogen-bond acceptors (Lipinski definition) is 4. The molecule has 92 valence electrons. The Hall–Kier alpha value is -1.49. The normalized spacial score (nSPS) is 11.9. The van der Waals surface area contributed by atoms with Crippen LogP contribution in [0.25, 0.3) is 0 Å². The SMILES string of the molecule is CC(Sc1cc(C=O)ccc1O)C(=O)N(C)C. The molecule has 0 aliphatic heterocycles. The first kappa shape index (κ1) is 13.6. The van der Waals surface area contributed by atoms with Gasteiger partial charge in [0.25, 0.3) is 0 Å². The molecule has 1 unspecified atom stereocenters. The van der Waals surface area contributed by atoms with Gasteiger partial charge in [-0.05, 0) is 25.1 Å². The van der Waals surface area contributed by atoms with Gasteiger partial charge in [-0.2, -0.15) is 0 Å². The number of phenols is 1. The number of thioether (sulfide) groups is 1. The number of aromatic hydroxyl groups is 1. The fourth-order valence-electron chi connectivity index (χ4n) is 1.30. The predicted molar refractivity (Wildman–Crippen MR) is 67.5 cm³/mol. The van der Waals surface area contributed by atoms with Crippen molar-refractivity contribution in [2.45, 2.75) is 17.1 Å². The van der Waals surface area contributed by atoms with E-state index in [-0.39, 0.29) is 16.9 Å². The molecule has 0 aromatic heterocycles. The number of nitrogens with zero attached hydrogens (tertiary/aromatic N) is 1. The molecule has 0 heterocycles. The van der Waals surface area contributed by atoms with Crippen LogP contribution in [0.2, 0.25) is 0 Å². The number of carbonyl (C=O) groups excluding carboxylic acids is 2. The quantitative estimate of drug-likeness (QED) is 0.656. The summed E-state index contributed by atoms with van der Waals surface area (Å²) in [6.07, 6.45) is 0.710. The summed E-state index contributed by atoms with van der Waals surface area (Å²) in [5, 5.41) is 9.33. The third-order valence-corrected chi connectivity index (χ3v) is 3.35. The van der Waals surface area contributed by atoms with Crippen molar-refractivity contribution in [3.05, 3.63) is 23.8 Å². The zero-order valence-electron chi connectivity index (χ0n) is 10.0. The molecule has 0 aliphatic carbocycles. The summed E-state index contributed by atoms with van der Waals surface area (Å²) in [6.45, 7) is 1.76. The van der Waals surface area contributed by atoms with Crippen molar-refractivity contribution in [2.75, 3.05) is 14.1 Å². The van der Waals surface area contributed by atoms with Crippen molar-refractivity contribution in [1.82, 2.24) is 4.90 Å². The second-order valence-corrected chi connectivity index (χ2v) is 5.22. The Morgan fingerprint density at radius 2 is 2.12 bits per heavy atom. The Labute approximate surface area is 105 Å². The molecule has 4 nitrogen and oxygen atoms in total. The molecule has 0 aliphatic rings. The van der Waals surface area contributed by atoms with E-state index >= 15 is 0 Å². The van der Waals surface area contributed by atoms with Crippen molar-refractivity contribution in [3.63, 3.8) is 0 Å². The summed E-state index contributed by atoms with van der Waals surface area (Å²) < 4.78 is 0. The summed E-state index contributed by atoms with van der Waals surface area (Å²) >= 11 is 1.24. The van der Waals surface area contributed by atoms with E-state index in [0.29, 0.717) is 16.7 Å². The second-order valence-electron chi connectivity index (χ2n) is 3.84. The summed E-state index contributed by atoms with van der Waals surface area (Å²) in [5.41, 5.74) is 0.481. The maximum atomic E-state index is 11.7. The van der Waals surface area contributed by atoms with Crippen LogP contribution in [-0.4, -0.2) is 41.5 Å². The van der Waals surface area contributed by atoms with Crippen molar-refractivity contribution in [3.8, 4) is 5.75 Å². The Bertz CT molecular complexity index is 432. The van der Waals surface area contributed by atoms with Gasteiger partial charge in [0.1, 0.15) is 12.0 Å². The summed E-state index contributed by atoms with van der Waals surface area (Å²) in [7, 11) is 3.36. The Kier molecular flexibility index (Phi) is 4.57. The molecule has 1 rings (SSSR count). The lowest BCUT2D eigenvalue weighted by Gasteiger charge is -2.16. The maximum Gasteiger partial charge on any atom is 0.235 e. The molecule has 5 heteroatoms. The molecule has 0 spiro atoms. The zero-order valence-corrected chi connectivity index (χ0v) is 10.8. The van der Waals surface area contributed by atoms with Crippen LogP contribution < -0.4 is 0 Å². The number of benzene rings is 1. The van der Waals surface area contributed by atoms with E-state index in [2.05, 4.69) is 0 Å². The summed E-state index contributed by atoms with van der Waals surface area (Å²) in [5.74, 6) is 0.0462. The number of aldehydes is 1. The lowest BCUT2D eigenvalue weighted by molar-refractivity contribution is -0.127. The second kappa shape index (κ2) is 5.72. The molecule has 17 heavy (non-hydrogen) atoms. The van der Waals surface area contributed by atoms with Gasteiger partial charge in [-0.25, -0.2) is 0 Å². The highest BCUT2D eigenvalue weighted by Gasteiger charge is 2.17. The van der Waals surface area contributed by atoms with Crippen LogP contribution in [0.5, 0.6) is 5.75 Å². The third-order valence-electron chi connectivity index (χ3n) is 2.21. The first-order chi connectivity index (χ1) is 7.95. The Balaban J connectivity index is 2.87. The minimum atomic E-state index is -0.308. The fraction of sp³-hybridized carbons (Fsp3) is 0.333. The van der Waals surface area contributed by atoms with Gasteiger partial charge < -0.3 is 10.0 Å². The topological polar surface area (TPSA) is 57.6 Å². The van der Waals surface area contributed by atoms with E-state index in [9.17, 15) is 14.7 Å². The highest BCUT2D eigenvalue weighted by atomic mass is 32.2. The van der Waals surface area contributed by atoms with Crippen molar-refractivity contribution in [1.29, 1.82) is 0 Å². The first-order valence-corrected chi connectivity index (χ1v) is 5.99. The largest absolute Gasteiger partial charge is 0.507 e.